The number of hydrogen-bond donors (Lipinski definition) is 1. The third-order valence-electron chi connectivity index (χ3n) is 2.76. The van der Waals surface area contributed by atoms with Crippen LogP contribution in [-0.2, 0) is 6.54 Å². The van der Waals surface area contributed by atoms with Gasteiger partial charge in [-0.15, -0.1) is 0 Å². The Morgan fingerprint density at radius 3 is 2.84 bits per heavy atom. The third-order valence-corrected chi connectivity index (χ3v) is 3.17. The SMILES string of the molecule is Cc1ccc(OCC(O)Cn2cc(Br)cn2)c(C)c1. The molecule has 2 aromatic rings. The van der Waals surface area contributed by atoms with Gasteiger partial charge < -0.3 is 9.84 Å². The topological polar surface area (TPSA) is 47.3 Å². The summed E-state index contributed by atoms with van der Waals surface area (Å²) in [5, 5.41) is 14.0. The number of ether oxygens (including phenoxy) is 1. The van der Waals surface area contributed by atoms with Gasteiger partial charge in [-0.3, -0.25) is 4.68 Å². The average molecular weight is 325 g/mol. The van der Waals surface area contributed by atoms with E-state index in [1.165, 1.54) is 5.56 Å². The van der Waals surface area contributed by atoms with Crippen molar-refractivity contribution in [2.75, 3.05) is 6.61 Å². The van der Waals surface area contributed by atoms with Gasteiger partial charge in [0.15, 0.2) is 0 Å². The van der Waals surface area contributed by atoms with E-state index in [1.807, 2.05) is 32.2 Å². The van der Waals surface area contributed by atoms with E-state index in [9.17, 15) is 5.11 Å². The van der Waals surface area contributed by atoms with Gasteiger partial charge in [-0.25, -0.2) is 0 Å². The number of halogens is 1. The maximum absolute atomic E-state index is 9.92. The van der Waals surface area contributed by atoms with Crippen LogP contribution in [0, 0.1) is 13.8 Å². The lowest BCUT2D eigenvalue weighted by Crippen LogP contribution is -2.24. The monoisotopic (exact) mass is 324 g/mol. The Bertz CT molecular complexity index is 554. The fraction of sp³-hybridized carbons (Fsp3) is 0.357. The Morgan fingerprint density at radius 1 is 1.42 bits per heavy atom. The van der Waals surface area contributed by atoms with E-state index in [4.69, 9.17) is 4.74 Å². The predicted molar refractivity (Wildman–Crippen MR) is 77.3 cm³/mol. The van der Waals surface area contributed by atoms with Crippen molar-refractivity contribution in [3.63, 3.8) is 0 Å². The zero-order valence-corrected chi connectivity index (χ0v) is 12.6. The van der Waals surface area contributed by atoms with Gasteiger partial charge in [-0.05, 0) is 41.4 Å². The second-order valence-corrected chi connectivity index (χ2v) is 5.53. The second-order valence-electron chi connectivity index (χ2n) is 4.61. The Balaban J connectivity index is 1.87. The van der Waals surface area contributed by atoms with E-state index in [-0.39, 0.29) is 6.61 Å². The molecular weight excluding hydrogens is 308 g/mol. The molecule has 1 unspecified atom stereocenters. The Kier molecular flexibility index (Phi) is 4.61. The molecule has 1 N–H and O–H groups in total. The van der Waals surface area contributed by atoms with E-state index >= 15 is 0 Å². The zero-order valence-electron chi connectivity index (χ0n) is 11.0. The molecule has 102 valence electrons. The van der Waals surface area contributed by atoms with E-state index in [0.717, 1.165) is 15.8 Å². The Morgan fingerprint density at radius 2 is 2.21 bits per heavy atom. The molecule has 0 radical (unpaired) electrons. The molecule has 0 saturated heterocycles. The molecule has 0 spiro atoms. The van der Waals surface area contributed by atoms with Crippen molar-refractivity contribution in [2.24, 2.45) is 0 Å². The first-order valence-corrected chi connectivity index (χ1v) is 6.90. The molecule has 1 aromatic heterocycles. The first-order valence-electron chi connectivity index (χ1n) is 6.10. The molecule has 0 aliphatic heterocycles. The largest absolute Gasteiger partial charge is 0.491 e. The van der Waals surface area contributed by atoms with E-state index in [2.05, 4.69) is 27.1 Å². The van der Waals surface area contributed by atoms with Crippen LogP contribution in [0.1, 0.15) is 11.1 Å². The molecule has 1 atom stereocenters. The van der Waals surface area contributed by atoms with Crippen molar-refractivity contribution < 1.29 is 9.84 Å². The van der Waals surface area contributed by atoms with Crippen LogP contribution in [0.4, 0.5) is 0 Å². The predicted octanol–water partition coefficient (Wildman–Crippen LogP) is 2.70. The standard InChI is InChI=1S/C14H17BrN2O2/c1-10-3-4-14(11(2)5-10)19-9-13(18)8-17-7-12(15)6-16-17/h3-7,13,18H,8-9H2,1-2H3. The van der Waals surface area contributed by atoms with Crippen LogP contribution in [-0.4, -0.2) is 27.6 Å². The van der Waals surface area contributed by atoms with E-state index < -0.39 is 6.10 Å². The Labute approximate surface area is 121 Å². The van der Waals surface area contributed by atoms with Gasteiger partial charge in [-0.1, -0.05) is 17.7 Å². The fourth-order valence-electron chi connectivity index (χ4n) is 1.85. The van der Waals surface area contributed by atoms with Gasteiger partial charge >= 0.3 is 0 Å². The maximum atomic E-state index is 9.92. The molecule has 4 nitrogen and oxygen atoms in total. The van der Waals surface area contributed by atoms with Gasteiger partial charge in [0, 0.05) is 6.20 Å². The van der Waals surface area contributed by atoms with Crippen molar-refractivity contribution in [3.05, 3.63) is 46.2 Å². The summed E-state index contributed by atoms with van der Waals surface area (Å²) >= 11 is 3.32. The highest BCUT2D eigenvalue weighted by Crippen LogP contribution is 2.18. The van der Waals surface area contributed by atoms with Gasteiger partial charge in [0.25, 0.3) is 0 Å². The minimum absolute atomic E-state index is 0.251. The summed E-state index contributed by atoms with van der Waals surface area (Å²) < 4.78 is 8.21. The highest BCUT2D eigenvalue weighted by atomic mass is 79.9. The van der Waals surface area contributed by atoms with E-state index in [1.54, 1.807) is 10.9 Å². The molecule has 2 rings (SSSR count). The molecule has 5 heteroatoms. The van der Waals surface area contributed by atoms with Crippen LogP contribution >= 0.6 is 15.9 Å². The van der Waals surface area contributed by atoms with E-state index in [0.29, 0.717) is 6.54 Å². The lowest BCUT2D eigenvalue weighted by molar-refractivity contribution is 0.0890. The molecule has 0 aliphatic carbocycles. The minimum atomic E-state index is -0.590. The molecule has 1 heterocycles. The molecule has 1 aromatic carbocycles. The van der Waals surface area contributed by atoms with Crippen molar-refractivity contribution in [2.45, 2.75) is 26.5 Å². The van der Waals surface area contributed by atoms with Crippen LogP contribution in [0.5, 0.6) is 5.75 Å². The van der Waals surface area contributed by atoms with Crippen LogP contribution < -0.4 is 4.74 Å². The molecular formula is C14H17BrN2O2. The molecule has 0 aliphatic rings. The van der Waals surface area contributed by atoms with Crippen molar-refractivity contribution in [1.29, 1.82) is 0 Å². The first-order chi connectivity index (χ1) is 9.04. The fourth-order valence-corrected chi connectivity index (χ4v) is 2.18. The van der Waals surface area contributed by atoms with Crippen LogP contribution in [0.15, 0.2) is 35.1 Å². The molecule has 0 saturated carbocycles. The van der Waals surface area contributed by atoms with Crippen molar-refractivity contribution in [1.82, 2.24) is 9.78 Å². The quantitative estimate of drug-likeness (QED) is 0.919. The molecule has 0 bridgehead atoms. The second kappa shape index (κ2) is 6.21. The number of hydrogen-bond acceptors (Lipinski definition) is 3. The summed E-state index contributed by atoms with van der Waals surface area (Å²) in [6.07, 6.45) is 2.92. The normalized spacial score (nSPS) is 12.4. The average Bonchev–Trinajstić information content (AvgIpc) is 2.73. The first kappa shape index (κ1) is 14.1. The van der Waals surface area contributed by atoms with Gasteiger partial charge in [0.2, 0.25) is 0 Å². The zero-order chi connectivity index (χ0) is 13.8. The summed E-state index contributed by atoms with van der Waals surface area (Å²) in [5.74, 6) is 0.811. The number of rotatable bonds is 5. The van der Waals surface area contributed by atoms with Crippen molar-refractivity contribution in [3.8, 4) is 5.75 Å². The number of aliphatic hydroxyl groups excluding tert-OH is 1. The van der Waals surface area contributed by atoms with Gasteiger partial charge in [0.05, 0.1) is 17.2 Å². The molecule has 19 heavy (non-hydrogen) atoms. The summed E-state index contributed by atoms with van der Waals surface area (Å²) in [7, 11) is 0. The van der Waals surface area contributed by atoms with Gasteiger partial charge in [0.1, 0.15) is 18.5 Å². The molecule has 0 amide bonds. The maximum Gasteiger partial charge on any atom is 0.122 e. The number of nitrogens with zero attached hydrogens (tertiary/aromatic N) is 2. The van der Waals surface area contributed by atoms with Crippen LogP contribution in [0.3, 0.4) is 0 Å². The van der Waals surface area contributed by atoms with Crippen molar-refractivity contribution >= 4 is 15.9 Å². The minimum Gasteiger partial charge on any atom is -0.491 e. The summed E-state index contributed by atoms with van der Waals surface area (Å²) in [5.41, 5.74) is 2.28. The number of aliphatic hydroxyl groups is 1. The third kappa shape index (κ3) is 4.08. The highest BCUT2D eigenvalue weighted by Gasteiger charge is 2.08. The summed E-state index contributed by atoms with van der Waals surface area (Å²) in [6, 6.07) is 5.99. The van der Waals surface area contributed by atoms with Crippen LogP contribution in [0.2, 0.25) is 0 Å². The summed E-state index contributed by atoms with van der Waals surface area (Å²) in [4.78, 5) is 0. The summed E-state index contributed by atoms with van der Waals surface area (Å²) in [6.45, 7) is 4.71. The lowest BCUT2D eigenvalue weighted by Gasteiger charge is -2.14. The van der Waals surface area contributed by atoms with Crippen LogP contribution in [0.25, 0.3) is 0 Å². The van der Waals surface area contributed by atoms with Gasteiger partial charge in [-0.2, -0.15) is 5.10 Å². The molecule has 0 fully saturated rings. The smallest absolute Gasteiger partial charge is 0.122 e. The highest BCUT2D eigenvalue weighted by molar-refractivity contribution is 9.10. The Hall–Kier alpha value is -1.33. The number of benzene rings is 1. The number of aryl methyl sites for hydroxylation is 2. The number of aromatic nitrogens is 2. The lowest BCUT2D eigenvalue weighted by atomic mass is 10.1.